The first-order valence-electron chi connectivity index (χ1n) is 9.25. The van der Waals surface area contributed by atoms with Gasteiger partial charge in [0.25, 0.3) is 0 Å². The quantitative estimate of drug-likeness (QED) is 0.700. The summed E-state index contributed by atoms with van der Waals surface area (Å²) in [4.78, 5) is 11.6. The van der Waals surface area contributed by atoms with Gasteiger partial charge in [-0.3, -0.25) is 10.00 Å². The molecule has 2 aromatic heterocycles. The third kappa shape index (κ3) is 4.50. The van der Waals surface area contributed by atoms with E-state index in [0.717, 1.165) is 55.9 Å². The Morgan fingerprint density at radius 1 is 1.15 bits per heavy atom. The molecule has 2 N–H and O–H groups in total. The van der Waals surface area contributed by atoms with E-state index in [-0.39, 0.29) is 6.04 Å². The van der Waals surface area contributed by atoms with Gasteiger partial charge in [-0.15, -0.1) is 0 Å². The third-order valence-electron chi connectivity index (χ3n) is 4.68. The highest BCUT2D eigenvalue weighted by molar-refractivity contribution is 5.58. The molecule has 0 bridgehead atoms. The van der Waals surface area contributed by atoms with E-state index >= 15 is 0 Å². The van der Waals surface area contributed by atoms with Gasteiger partial charge in [0.2, 0.25) is 0 Å². The average Bonchev–Trinajstić information content (AvgIpc) is 3.24. The number of ether oxygens (including phenoxy) is 1. The average molecular weight is 364 g/mol. The van der Waals surface area contributed by atoms with Crippen molar-refractivity contribution in [1.82, 2.24) is 25.1 Å². The minimum atomic E-state index is 0.133. The second kappa shape index (κ2) is 8.28. The predicted molar refractivity (Wildman–Crippen MR) is 104 cm³/mol. The van der Waals surface area contributed by atoms with Crippen molar-refractivity contribution >= 4 is 5.82 Å². The van der Waals surface area contributed by atoms with Gasteiger partial charge in [-0.25, -0.2) is 9.97 Å². The van der Waals surface area contributed by atoms with Crippen LogP contribution in [0.4, 0.5) is 5.82 Å². The number of rotatable bonds is 6. The summed E-state index contributed by atoms with van der Waals surface area (Å²) in [6.07, 6.45) is 1.73. The lowest BCUT2D eigenvalue weighted by Gasteiger charge is -2.31. The topological polar surface area (TPSA) is 79.0 Å². The van der Waals surface area contributed by atoms with Crippen LogP contribution in [0.2, 0.25) is 0 Å². The number of H-pyrrole nitrogens is 1. The number of aromatic amines is 1. The molecule has 140 valence electrons. The Kier molecular flexibility index (Phi) is 5.41. The van der Waals surface area contributed by atoms with Crippen molar-refractivity contribution < 1.29 is 4.74 Å². The second-order valence-corrected chi connectivity index (χ2v) is 6.68. The first-order chi connectivity index (χ1) is 13.3. The van der Waals surface area contributed by atoms with Gasteiger partial charge in [-0.2, -0.15) is 5.10 Å². The monoisotopic (exact) mass is 364 g/mol. The number of aromatic nitrogens is 4. The van der Waals surface area contributed by atoms with Crippen molar-refractivity contribution in [2.45, 2.75) is 13.0 Å². The van der Waals surface area contributed by atoms with Gasteiger partial charge in [0.1, 0.15) is 11.6 Å². The largest absolute Gasteiger partial charge is 0.379 e. The van der Waals surface area contributed by atoms with Crippen LogP contribution in [0.15, 0.2) is 48.7 Å². The van der Waals surface area contributed by atoms with Gasteiger partial charge in [0.15, 0.2) is 0 Å². The summed E-state index contributed by atoms with van der Waals surface area (Å²) >= 11 is 0. The molecule has 0 radical (unpaired) electrons. The smallest absolute Gasteiger partial charge is 0.130 e. The van der Waals surface area contributed by atoms with Gasteiger partial charge < -0.3 is 10.1 Å². The van der Waals surface area contributed by atoms with E-state index in [2.05, 4.69) is 54.6 Å². The molecule has 0 spiro atoms. The zero-order valence-electron chi connectivity index (χ0n) is 15.4. The van der Waals surface area contributed by atoms with Gasteiger partial charge in [-0.05, 0) is 18.6 Å². The van der Waals surface area contributed by atoms with Crippen molar-refractivity contribution in [3.05, 3.63) is 60.0 Å². The highest BCUT2D eigenvalue weighted by Crippen LogP contribution is 2.23. The number of nitrogens with zero attached hydrogens (tertiary/aromatic N) is 4. The lowest BCUT2D eigenvalue weighted by Crippen LogP contribution is -2.40. The molecule has 3 aromatic rings. The van der Waals surface area contributed by atoms with Crippen LogP contribution in [-0.2, 0) is 4.74 Å². The molecule has 27 heavy (non-hydrogen) atoms. The summed E-state index contributed by atoms with van der Waals surface area (Å²) in [6.45, 7) is 6.29. The van der Waals surface area contributed by atoms with Crippen molar-refractivity contribution in [3.8, 4) is 11.4 Å². The van der Waals surface area contributed by atoms with E-state index in [9.17, 15) is 0 Å². The molecule has 1 fully saturated rings. The Labute approximate surface area is 158 Å². The van der Waals surface area contributed by atoms with Crippen molar-refractivity contribution in [3.63, 3.8) is 0 Å². The first kappa shape index (κ1) is 17.6. The molecule has 3 heterocycles. The van der Waals surface area contributed by atoms with Crippen LogP contribution in [-0.4, -0.2) is 57.9 Å². The lowest BCUT2D eigenvalue weighted by atomic mass is 10.1. The molecule has 1 atom stereocenters. The molecule has 1 unspecified atom stereocenters. The highest BCUT2D eigenvalue weighted by Gasteiger charge is 2.19. The predicted octanol–water partition coefficient (Wildman–Crippen LogP) is 2.66. The number of anilines is 1. The van der Waals surface area contributed by atoms with Crippen molar-refractivity contribution in [2.24, 2.45) is 0 Å². The molecule has 0 aliphatic carbocycles. The van der Waals surface area contributed by atoms with Gasteiger partial charge in [-0.1, -0.05) is 30.3 Å². The van der Waals surface area contributed by atoms with Crippen LogP contribution >= 0.6 is 0 Å². The minimum absolute atomic E-state index is 0.133. The van der Waals surface area contributed by atoms with Crippen LogP contribution in [0.25, 0.3) is 11.4 Å². The fourth-order valence-electron chi connectivity index (χ4n) is 3.32. The second-order valence-electron chi connectivity index (χ2n) is 6.68. The molecule has 4 rings (SSSR count). The summed E-state index contributed by atoms with van der Waals surface area (Å²) in [5.41, 5.74) is 2.96. The van der Waals surface area contributed by atoms with Crippen molar-refractivity contribution in [1.29, 1.82) is 0 Å². The van der Waals surface area contributed by atoms with E-state index in [1.807, 2.05) is 25.1 Å². The van der Waals surface area contributed by atoms with Crippen LogP contribution in [0.1, 0.15) is 17.4 Å². The van der Waals surface area contributed by atoms with E-state index in [0.29, 0.717) is 0 Å². The van der Waals surface area contributed by atoms with Crippen LogP contribution in [0.5, 0.6) is 0 Å². The van der Waals surface area contributed by atoms with Crippen molar-refractivity contribution in [2.75, 3.05) is 38.2 Å². The Morgan fingerprint density at radius 2 is 1.96 bits per heavy atom. The molecule has 1 saturated heterocycles. The maximum absolute atomic E-state index is 5.49. The van der Waals surface area contributed by atoms with Gasteiger partial charge >= 0.3 is 0 Å². The molecule has 0 saturated carbocycles. The minimum Gasteiger partial charge on any atom is -0.379 e. The number of nitrogens with one attached hydrogen (secondary N) is 2. The number of benzene rings is 1. The number of hydrogen-bond donors (Lipinski definition) is 2. The summed E-state index contributed by atoms with van der Waals surface area (Å²) < 4.78 is 5.49. The Balaban J connectivity index is 1.59. The molecule has 1 aliphatic heterocycles. The van der Waals surface area contributed by atoms with E-state index < -0.39 is 0 Å². The molecule has 7 heteroatoms. The molecule has 1 aromatic carbocycles. The zero-order chi connectivity index (χ0) is 18.5. The number of aryl methyl sites for hydroxylation is 1. The number of hydrogen-bond acceptors (Lipinski definition) is 6. The molecular formula is C20H24N6O. The molecule has 0 amide bonds. The zero-order valence-corrected chi connectivity index (χ0v) is 15.4. The summed E-state index contributed by atoms with van der Waals surface area (Å²) in [5, 5.41) is 10.6. The maximum atomic E-state index is 5.49. The molecule has 1 aliphatic rings. The Morgan fingerprint density at radius 3 is 2.70 bits per heavy atom. The van der Waals surface area contributed by atoms with Crippen LogP contribution in [0.3, 0.4) is 0 Å². The maximum Gasteiger partial charge on any atom is 0.130 e. The fourth-order valence-corrected chi connectivity index (χ4v) is 3.32. The SMILES string of the molecule is Cc1nc(NC(CN2CCOCC2)c2ccccc2)cc(-c2ccn[nH]2)n1. The summed E-state index contributed by atoms with van der Waals surface area (Å²) in [7, 11) is 0. The van der Waals surface area contributed by atoms with E-state index in [1.165, 1.54) is 5.56 Å². The summed E-state index contributed by atoms with van der Waals surface area (Å²) in [5.74, 6) is 1.54. The Bertz CT molecular complexity index is 846. The Hall–Kier alpha value is -2.77. The van der Waals surface area contributed by atoms with Crippen LogP contribution in [0, 0.1) is 6.92 Å². The molecule has 7 nitrogen and oxygen atoms in total. The highest BCUT2D eigenvalue weighted by atomic mass is 16.5. The van der Waals surface area contributed by atoms with Gasteiger partial charge in [0.05, 0.1) is 30.6 Å². The normalized spacial score (nSPS) is 16.2. The molecular weight excluding hydrogens is 340 g/mol. The number of morpholine rings is 1. The summed E-state index contributed by atoms with van der Waals surface area (Å²) in [6, 6.07) is 14.5. The van der Waals surface area contributed by atoms with E-state index in [1.54, 1.807) is 6.20 Å². The first-order valence-corrected chi connectivity index (χ1v) is 9.25. The van der Waals surface area contributed by atoms with Crippen LogP contribution < -0.4 is 5.32 Å². The lowest BCUT2D eigenvalue weighted by molar-refractivity contribution is 0.0360. The van der Waals surface area contributed by atoms with E-state index in [4.69, 9.17) is 4.74 Å². The van der Waals surface area contributed by atoms with Gasteiger partial charge in [0, 0.05) is 31.9 Å². The standard InChI is InChI=1S/C20H24N6O/c1-15-22-18(17-7-8-21-25-17)13-20(23-15)24-19(16-5-3-2-4-6-16)14-26-9-11-27-12-10-26/h2-8,13,19H,9-12,14H2,1H3,(H,21,25)(H,22,23,24). The fraction of sp³-hybridized carbons (Fsp3) is 0.350. The third-order valence-corrected chi connectivity index (χ3v) is 4.68.